The molecule has 1 aliphatic heterocycles. The lowest BCUT2D eigenvalue weighted by molar-refractivity contribution is 0.0543. The molecule has 0 atom stereocenters. The normalized spacial score (nSPS) is 14.7. The van der Waals surface area contributed by atoms with Crippen molar-refractivity contribution in [2.45, 2.75) is 38.9 Å². The lowest BCUT2D eigenvalue weighted by Gasteiger charge is -2.39. The second-order valence-electron chi connectivity index (χ2n) is 8.51. The Morgan fingerprint density at radius 3 is 2.24 bits per heavy atom. The van der Waals surface area contributed by atoms with E-state index in [9.17, 15) is 4.79 Å². The van der Waals surface area contributed by atoms with E-state index < -0.39 is 0 Å². The van der Waals surface area contributed by atoms with Crippen molar-refractivity contribution < 1.29 is 9.53 Å². The molecule has 4 rings (SSSR count). The average molecular weight is 507 g/mol. The van der Waals surface area contributed by atoms with Gasteiger partial charge in [-0.1, -0.05) is 58.4 Å². The van der Waals surface area contributed by atoms with Crippen LogP contribution < -0.4 is 4.74 Å². The molecule has 4 nitrogen and oxygen atoms in total. The van der Waals surface area contributed by atoms with E-state index in [2.05, 4.69) is 68.2 Å². The highest BCUT2D eigenvalue weighted by molar-refractivity contribution is 9.10. The standard InChI is InChI=1S/C28H31BrN2O2/c1-2-33-27-14-8-23(9-15-27)21-31(28(32)24-10-12-25(29)13-11-24)26-16-18-30(19-17-26)20-22-6-4-3-5-7-22/h3-15,26H,2,16-21H2,1H3. The monoisotopic (exact) mass is 506 g/mol. The Balaban J connectivity index is 1.47. The molecule has 1 fully saturated rings. The van der Waals surface area contributed by atoms with E-state index in [1.807, 2.05) is 43.3 Å². The zero-order valence-electron chi connectivity index (χ0n) is 19.1. The average Bonchev–Trinajstić information content (AvgIpc) is 2.85. The molecule has 0 spiro atoms. The minimum absolute atomic E-state index is 0.0953. The van der Waals surface area contributed by atoms with Crippen molar-refractivity contribution >= 4 is 21.8 Å². The number of nitrogens with zero attached hydrogens (tertiary/aromatic N) is 2. The molecule has 172 valence electrons. The smallest absolute Gasteiger partial charge is 0.254 e. The van der Waals surface area contributed by atoms with Crippen LogP contribution in [0, 0.1) is 0 Å². The van der Waals surface area contributed by atoms with E-state index in [0.717, 1.165) is 53.8 Å². The number of benzene rings is 3. The molecular weight excluding hydrogens is 476 g/mol. The van der Waals surface area contributed by atoms with Gasteiger partial charge in [-0.25, -0.2) is 0 Å². The van der Waals surface area contributed by atoms with Gasteiger partial charge >= 0.3 is 0 Å². The Kier molecular flexibility index (Phi) is 8.19. The molecule has 0 unspecified atom stereocenters. The third kappa shape index (κ3) is 6.46. The maximum absolute atomic E-state index is 13.6. The number of ether oxygens (including phenoxy) is 1. The van der Waals surface area contributed by atoms with Crippen molar-refractivity contribution in [1.82, 2.24) is 9.80 Å². The van der Waals surface area contributed by atoms with Crippen molar-refractivity contribution in [3.05, 3.63) is 100 Å². The molecule has 0 saturated carbocycles. The maximum Gasteiger partial charge on any atom is 0.254 e. The fourth-order valence-corrected chi connectivity index (χ4v) is 4.67. The SMILES string of the molecule is CCOc1ccc(CN(C(=O)c2ccc(Br)cc2)C2CCN(Cc3ccccc3)CC2)cc1. The molecule has 0 aromatic heterocycles. The van der Waals surface area contributed by atoms with Crippen LogP contribution in [0.4, 0.5) is 0 Å². The molecule has 0 N–H and O–H groups in total. The van der Waals surface area contributed by atoms with E-state index in [1.54, 1.807) is 0 Å². The van der Waals surface area contributed by atoms with Gasteiger partial charge in [0.25, 0.3) is 5.91 Å². The first-order chi connectivity index (χ1) is 16.1. The number of carbonyl (C=O) groups is 1. The first-order valence-corrected chi connectivity index (χ1v) is 12.5. The Morgan fingerprint density at radius 2 is 1.61 bits per heavy atom. The first kappa shape index (κ1) is 23.5. The minimum Gasteiger partial charge on any atom is -0.494 e. The van der Waals surface area contributed by atoms with Gasteiger partial charge in [0.05, 0.1) is 6.61 Å². The largest absolute Gasteiger partial charge is 0.494 e. The third-order valence-electron chi connectivity index (χ3n) is 6.19. The van der Waals surface area contributed by atoms with Crippen LogP contribution in [0.1, 0.15) is 41.3 Å². The van der Waals surface area contributed by atoms with Crippen molar-refractivity contribution in [3.63, 3.8) is 0 Å². The third-order valence-corrected chi connectivity index (χ3v) is 6.71. The van der Waals surface area contributed by atoms with Crippen molar-refractivity contribution in [1.29, 1.82) is 0 Å². The predicted molar refractivity (Wildman–Crippen MR) is 136 cm³/mol. The van der Waals surface area contributed by atoms with Crippen LogP contribution >= 0.6 is 15.9 Å². The summed E-state index contributed by atoms with van der Waals surface area (Å²) in [6, 6.07) is 26.6. The van der Waals surface area contributed by atoms with E-state index in [0.29, 0.717) is 13.2 Å². The highest BCUT2D eigenvalue weighted by Gasteiger charge is 2.29. The van der Waals surface area contributed by atoms with Crippen LogP contribution in [0.25, 0.3) is 0 Å². The first-order valence-electron chi connectivity index (χ1n) is 11.7. The van der Waals surface area contributed by atoms with E-state index in [-0.39, 0.29) is 11.9 Å². The number of carbonyl (C=O) groups excluding carboxylic acids is 1. The second kappa shape index (κ2) is 11.5. The summed E-state index contributed by atoms with van der Waals surface area (Å²) >= 11 is 3.47. The zero-order valence-corrected chi connectivity index (χ0v) is 20.7. The molecule has 1 saturated heterocycles. The number of piperidine rings is 1. The second-order valence-corrected chi connectivity index (χ2v) is 9.43. The van der Waals surface area contributed by atoms with Crippen LogP contribution in [0.15, 0.2) is 83.3 Å². The van der Waals surface area contributed by atoms with Crippen LogP contribution in [0.2, 0.25) is 0 Å². The number of hydrogen-bond acceptors (Lipinski definition) is 3. The minimum atomic E-state index is 0.0953. The fraction of sp³-hybridized carbons (Fsp3) is 0.321. The lowest BCUT2D eigenvalue weighted by atomic mass is 10.00. The molecule has 3 aromatic carbocycles. The van der Waals surface area contributed by atoms with Gasteiger partial charge in [0, 0.05) is 42.3 Å². The Morgan fingerprint density at radius 1 is 0.939 bits per heavy atom. The molecule has 1 heterocycles. The van der Waals surface area contributed by atoms with Crippen molar-refractivity contribution in [3.8, 4) is 5.75 Å². The van der Waals surface area contributed by atoms with E-state index in [1.165, 1.54) is 5.56 Å². The molecule has 5 heteroatoms. The number of likely N-dealkylation sites (tertiary alicyclic amines) is 1. The summed E-state index contributed by atoms with van der Waals surface area (Å²) in [7, 11) is 0. The molecule has 1 amide bonds. The fourth-order valence-electron chi connectivity index (χ4n) is 4.41. The number of rotatable bonds is 8. The summed E-state index contributed by atoms with van der Waals surface area (Å²) in [6.07, 6.45) is 1.96. The summed E-state index contributed by atoms with van der Waals surface area (Å²) in [4.78, 5) is 18.1. The van der Waals surface area contributed by atoms with Gasteiger partial charge in [-0.3, -0.25) is 9.69 Å². The van der Waals surface area contributed by atoms with Crippen LogP contribution in [-0.2, 0) is 13.1 Å². The topological polar surface area (TPSA) is 32.8 Å². The van der Waals surface area contributed by atoms with Gasteiger partial charge in [0.2, 0.25) is 0 Å². The zero-order chi connectivity index (χ0) is 23.0. The molecule has 0 radical (unpaired) electrons. The Hall–Kier alpha value is -2.63. The summed E-state index contributed by atoms with van der Waals surface area (Å²) in [5.74, 6) is 0.958. The molecule has 33 heavy (non-hydrogen) atoms. The summed E-state index contributed by atoms with van der Waals surface area (Å²) in [5.41, 5.74) is 3.19. The molecule has 3 aromatic rings. The number of amides is 1. The van der Waals surface area contributed by atoms with Gasteiger partial charge in [-0.15, -0.1) is 0 Å². The molecular formula is C28H31BrN2O2. The molecule has 0 aliphatic carbocycles. The number of hydrogen-bond donors (Lipinski definition) is 0. The van der Waals surface area contributed by atoms with Gasteiger partial charge in [0.15, 0.2) is 0 Å². The van der Waals surface area contributed by atoms with Gasteiger partial charge in [0.1, 0.15) is 5.75 Å². The number of halogens is 1. The van der Waals surface area contributed by atoms with Crippen LogP contribution in [0.3, 0.4) is 0 Å². The Bertz CT molecular complexity index is 1010. The highest BCUT2D eigenvalue weighted by atomic mass is 79.9. The van der Waals surface area contributed by atoms with Crippen molar-refractivity contribution in [2.75, 3.05) is 19.7 Å². The Labute approximate surface area is 205 Å². The van der Waals surface area contributed by atoms with E-state index in [4.69, 9.17) is 4.74 Å². The van der Waals surface area contributed by atoms with Gasteiger partial charge in [-0.05, 0) is 67.3 Å². The molecule has 0 bridgehead atoms. The summed E-state index contributed by atoms with van der Waals surface area (Å²) < 4.78 is 6.56. The quantitative estimate of drug-likeness (QED) is 0.367. The highest BCUT2D eigenvalue weighted by Crippen LogP contribution is 2.24. The molecule has 1 aliphatic rings. The predicted octanol–water partition coefficient (Wildman–Crippen LogP) is 6.15. The van der Waals surface area contributed by atoms with Crippen LogP contribution in [0.5, 0.6) is 5.75 Å². The summed E-state index contributed by atoms with van der Waals surface area (Å²) in [5, 5.41) is 0. The van der Waals surface area contributed by atoms with Gasteiger partial charge < -0.3 is 9.64 Å². The van der Waals surface area contributed by atoms with E-state index >= 15 is 0 Å². The summed E-state index contributed by atoms with van der Waals surface area (Å²) in [6.45, 7) is 6.18. The maximum atomic E-state index is 13.6. The van der Waals surface area contributed by atoms with Gasteiger partial charge in [-0.2, -0.15) is 0 Å². The lowest BCUT2D eigenvalue weighted by Crippen LogP contribution is -2.46. The van der Waals surface area contributed by atoms with Crippen molar-refractivity contribution in [2.24, 2.45) is 0 Å². The van der Waals surface area contributed by atoms with Crippen LogP contribution in [-0.4, -0.2) is 41.4 Å².